The first-order chi connectivity index (χ1) is 7.72. The molecule has 0 spiro atoms. The van der Waals surface area contributed by atoms with E-state index in [1.54, 1.807) is 0 Å². The molecule has 1 aromatic heterocycles. The molecule has 0 amide bonds. The largest absolute Gasteiger partial charge is 0.356 e. The van der Waals surface area contributed by atoms with E-state index >= 15 is 0 Å². The van der Waals surface area contributed by atoms with Crippen molar-refractivity contribution in [1.29, 1.82) is 0 Å². The fraction of sp³-hybridized carbons (Fsp3) is 0.308. The first-order valence-corrected chi connectivity index (χ1v) is 6.49. The summed E-state index contributed by atoms with van der Waals surface area (Å²) < 4.78 is 0. The van der Waals surface area contributed by atoms with Crippen LogP contribution in [-0.4, -0.2) is 23.4 Å². The molecule has 2 nitrogen and oxygen atoms in total. The molecule has 16 heavy (non-hydrogen) atoms. The van der Waals surface area contributed by atoms with E-state index in [0.717, 1.165) is 16.7 Å². The number of aromatic nitrogens is 1. The Labute approximate surface area is 104 Å². The van der Waals surface area contributed by atoms with Gasteiger partial charge in [-0.05, 0) is 25.1 Å². The zero-order chi connectivity index (χ0) is 11.5. The van der Waals surface area contributed by atoms with Gasteiger partial charge in [0.15, 0.2) is 0 Å². The summed E-state index contributed by atoms with van der Waals surface area (Å²) in [6.45, 7) is 2.17. The number of benzene rings is 1. The van der Waals surface area contributed by atoms with Gasteiger partial charge in [0.2, 0.25) is 0 Å². The lowest BCUT2D eigenvalue weighted by molar-refractivity contribution is 0.759. The third-order valence-electron chi connectivity index (χ3n) is 2.83. The summed E-state index contributed by atoms with van der Waals surface area (Å²) in [5.74, 6) is 1.02. The quantitative estimate of drug-likeness (QED) is 0.800. The first-order valence-electron chi connectivity index (χ1n) is 5.37. The Bertz CT molecular complexity index is 484. The van der Waals surface area contributed by atoms with Gasteiger partial charge < -0.3 is 4.90 Å². The van der Waals surface area contributed by atoms with Crippen molar-refractivity contribution in [3.8, 4) is 0 Å². The van der Waals surface area contributed by atoms with Crippen molar-refractivity contribution in [3.63, 3.8) is 0 Å². The number of pyridine rings is 1. The van der Waals surface area contributed by atoms with Gasteiger partial charge in [0.05, 0.1) is 5.52 Å². The van der Waals surface area contributed by atoms with Gasteiger partial charge in [-0.2, -0.15) is 0 Å². The second-order valence-corrected chi connectivity index (χ2v) is 4.62. The molecule has 1 atom stereocenters. The zero-order valence-corrected chi connectivity index (χ0v) is 11.1. The number of alkyl halides is 1. The molecule has 0 saturated carbocycles. The van der Waals surface area contributed by atoms with Gasteiger partial charge in [0, 0.05) is 23.8 Å². The maximum absolute atomic E-state index is 4.65. The van der Waals surface area contributed by atoms with Crippen molar-refractivity contribution in [2.75, 3.05) is 17.3 Å². The fourth-order valence-corrected chi connectivity index (χ4v) is 2.02. The Balaban J connectivity index is 2.39. The second-order valence-electron chi connectivity index (χ2n) is 3.98. The Morgan fingerprint density at radius 2 is 2.00 bits per heavy atom. The highest BCUT2D eigenvalue weighted by molar-refractivity contribution is 9.09. The van der Waals surface area contributed by atoms with Crippen LogP contribution < -0.4 is 4.90 Å². The molecule has 0 aliphatic rings. The highest BCUT2D eigenvalue weighted by atomic mass is 79.9. The zero-order valence-electron chi connectivity index (χ0n) is 9.52. The first kappa shape index (κ1) is 11.4. The van der Waals surface area contributed by atoms with Gasteiger partial charge in [-0.15, -0.1) is 0 Å². The number of rotatable bonds is 3. The highest BCUT2D eigenvalue weighted by Crippen LogP contribution is 2.18. The Hall–Kier alpha value is -1.09. The summed E-state index contributed by atoms with van der Waals surface area (Å²) in [4.78, 5) is 6.83. The van der Waals surface area contributed by atoms with Crippen LogP contribution in [0.15, 0.2) is 36.4 Å². The minimum atomic E-state index is 0.439. The minimum Gasteiger partial charge on any atom is -0.356 e. The second kappa shape index (κ2) is 4.83. The van der Waals surface area contributed by atoms with E-state index in [0.29, 0.717) is 6.04 Å². The number of fused-ring (bicyclic) bond motifs is 1. The van der Waals surface area contributed by atoms with Gasteiger partial charge in [-0.25, -0.2) is 4.98 Å². The standard InChI is InChI=1S/C13H15BrN2/c1-10(9-14)16(2)13-8-7-11-5-3-4-6-12(11)15-13/h3-8,10H,9H2,1-2H3. The van der Waals surface area contributed by atoms with Crippen molar-refractivity contribution in [1.82, 2.24) is 4.98 Å². The average Bonchev–Trinajstić information content (AvgIpc) is 2.36. The summed E-state index contributed by atoms with van der Waals surface area (Å²) in [5, 5.41) is 2.13. The molecule has 1 aromatic carbocycles. The number of nitrogens with zero attached hydrogens (tertiary/aromatic N) is 2. The van der Waals surface area contributed by atoms with Crippen LogP contribution >= 0.6 is 15.9 Å². The van der Waals surface area contributed by atoms with Gasteiger partial charge in [0.25, 0.3) is 0 Å². The molecule has 0 fully saturated rings. The van der Waals surface area contributed by atoms with Crippen LogP contribution in [-0.2, 0) is 0 Å². The van der Waals surface area contributed by atoms with Crippen molar-refractivity contribution in [3.05, 3.63) is 36.4 Å². The fourth-order valence-electron chi connectivity index (χ4n) is 1.58. The molecule has 2 aromatic rings. The van der Waals surface area contributed by atoms with Crippen molar-refractivity contribution in [2.45, 2.75) is 13.0 Å². The van der Waals surface area contributed by atoms with Crippen molar-refractivity contribution >= 4 is 32.7 Å². The van der Waals surface area contributed by atoms with Gasteiger partial charge in [-0.3, -0.25) is 0 Å². The van der Waals surface area contributed by atoms with E-state index in [9.17, 15) is 0 Å². The highest BCUT2D eigenvalue weighted by Gasteiger charge is 2.09. The van der Waals surface area contributed by atoms with Crippen LogP contribution in [0.5, 0.6) is 0 Å². The molecule has 0 bridgehead atoms. The molecule has 0 saturated heterocycles. The van der Waals surface area contributed by atoms with Crippen LogP contribution in [0.1, 0.15) is 6.92 Å². The molecule has 0 radical (unpaired) electrons. The lowest BCUT2D eigenvalue weighted by Crippen LogP contribution is -2.30. The van der Waals surface area contributed by atoms with Crippen LogP contribution in [0, 0.1) is 0 Å². The third kappa shape index (κ3) is 2.19. The number of hydrogen-bond donors (Lipinski definition) is 0. The smallest absolute Gasteiger partial charge is 0.129 e. The summed E-state index contributed by atoms with van der Waals surface area (Å²) in [7, 11) is 2.07. The van der Waals surface area contributed by atoms with E-state index in [-0.39, 0.29) is 0 Å². The SMILES string of the molecule is CC(CBr)N(C)c1ccc2ccccc2n1. The van der Waals surface area contributed by atoms with Crippen LogP contribution in [0.2, 0.25) is 0 Å². The van der Waals surface area contributed by atoms with Crippen molar-refractivity contribution < 1.29 is 0 Å². The van der Waals surface area contributed by atoms with E-state index in [4.69, 9.17) is 0 Å². The number of anilines is 1. The topological polar surface area (TPSA) is 16.1 Å². The third-order valence-corrected chi connectivity index (χ3v) is 3.77. The average molecular weight is 279 g/mol. The van der Waals surface area contributed by atoms with E-state index < -0.39 is 0 Å². The van der Waals surface area contributed by atoms with Gasteiger partial charge >= 0.3 is 0 Å². The molecule has 0 aliphatic carbocycles. The van der Waals surface area contributed by atoms with Crippen LogP contribution in [0.3, 0.4) is 0 Å². The van der Waals surface area contributed by atoms with E-state index in [1.165, 1.54) is 5.39 Å². The molecular formula is C13H15BrN2. The Morgan fingerprint density at radius 1 is 1.25 bits per heavy atom. The van der Waals surface area contributed by atoms with Crippen molar-refractivity contribution in [2.24, 2.45) is 0 Å². The minimum absolute atomic E-state index is 0.439. The predicted octanol–water partition coefficient (Wildman–Crippen LogP) is 3.45. The molecule has 0 aliphatic heterocycles. The summed E-state index contributed by atoms with van der Waals surface area (Å²) in [6.07, 6.45) is 0. The number of halogens is 1. The van der Waals surface area contributed by atoms with E-state index in [1.807, 2.05) is 18.2 Å². The Morgan fingerprint density at radius 3 is 2.75 bits per heavy atom. The number of hydrogen-bond acceptors (Lipinski definition) is 2. The van der Waals surface area contributed by atoms with Crippen LogP contribution in [0.25, 0.3) is 10.9 Å². The monoisotopic (exact) mass is 278 g/mol. The van der Waals surface area contributed by atoms with Crippen LogP contribution in [0.4, 0.5) is 5.82 Å². The lowest BCUT2D eigenvalue weighted by Gasteiger charge is -2.24. The molecule has 1 unspecified atom stereocenters. The van der Waals surface area contributed by atoms with Gasteiger partial charge in [-0.1, -0.05) is 34.1 Å². The molecule has 1 heterocycles. The summed E-state index contributed by atoms with van der Waals surface area (Å²) in [5.41, 5.74) is 1.05. The Kier molecular flexibility index (Phi) is 3.44. The normalized spacial score (nSPS) is 12.7. The molecule has 3 heteroatoms. The van der Waals surface area contributed by atoms with Gasteiger partial charge in [0.1, 0.15) is 5.82 Å². The molecule has 0 N–H and O–H groups in total. The molecular weight excluding hydrogens is 264 g/mol. The summed E-state index contributed by atoms with van der Waals surface area (Å²) in [6, 6.07) is 12.8. The predicted molar refractivity (Wildman–Crippen MR) is 73.4 cm³/mol. The molecule has 84 valence electrons. The maximum Gasteiger partial charge on any atom is 0.129 e. The molecule has 2 rings (SSSR count). The summed E-state index contributed by atoms with van der Waals surface area (Å²) >= 11 is 3.49. The maximum atomic E-state index is 4.65. The number of para-hydroxylation sites is 1. The lowest BCUT2D eigenvalue weighted by atomic mass is 10.2. The van der Waals surface area contributed by atoms with E-state index in [2.05, 4.69) is 58.0 Å².